The van der Waals surface area contributed by atoms with E-state index in [1.165, 1.54) is 12.0 Å². The van der Waals surface area contributed by atoms with Crippen molar-refractivity contribution in [2.45, 2.75) is 26.8 Å². The summed E-state index contributed by atoms with van der Waals surface area (Å²) in [5.74, 6) is -0.473. The Balaban J connectivity index is 2.19. The number of Topliss-reactive ketones (excluding diaryl/α,β-unsaturated/α-hetero) is 1. The highest BCUT2D eigenvalue weighted by atomic mass is 16.5. The van der Waals surface area contributed by atoms with Gasteiger partial charge in [0.15, 0.2) is 0 Å². The first-order chi connectivity index (χ1) is 12.8. The van der Waals surface area contributed by atoms with Gasteiger partial charge in [0.05, 0.1) is 12.2 Å². The summed E-state index contributed by atoms with van der Waals surface area (Å²) in [6, 6.07) is 8.31. The van der Waals surface area contributed by atoms with Gasteiger partial charge >= 0.3 is 0 Å². The van der Waals surface area contributed by atoms with Gasteiger partial charge in [-0.2, -0.15) is 0 Å². The zero-order chi connectivity index (χ0) is 19.7. The average molecular weight is 369 g/mol. The van der Waals surface area contributed by atoms with Gasteiger partial charge in [0.1, 0.15) is 23.3 Å². The molecule has 0 aliphatic carbocycles. The van der Waals surface area contributed by atoms with Gasteiger partial charge in [0.25, 0.3) is 11.7 Å². The first kappa shape index (κ1) is 18.9. The van der Waals surface area contributed by atoms with Gasteiger partial charge in [-0.15, -0.1) is 0 Å². The number of carbonyl (C=O) groups is 2. The van der Waals surface area contributed by atoms with Gasteiger partial charge in [0.2, 0.25) is 0 Å². The minimum atomic E-state index is -0.784. The Hall–Kier alpha value is -2.86. The van der Waals surface area contributed by atoms with Gasteiger partial charge in [-0.1, -0.05) is 17.7 Å². The van der Waals surface area contributed by atoms with Crippen molar-refractivity contribution in [3.63, 3.8) is 0 Å². The van der Waals surface area contributed by atoms with E-state index in [1.54, 1.807) is 25.1 Å². The van der Waals surface area contributed by atoms with Crippen molar-refractivity contribution in [2.75, 3.05) is 20.3 Å². The van der Waals surface area contributed by atoms with E-state index in [-0.39, 0.29) is 24.5 Å². The normalized spacial score (nSPS) is 19.1. The zero-order valence-electron chi connectivity index (χ0n) is 15.9. The Morgan fingerprint density at radius 2 is 1.93 bits per heavy atom. The monoisotopic (exact) mass is 369 g/mol. The standard InChI is InChI=1S/C21H23NO5/c1-12-5-6-13(2)15(11-12)19(23)17-18(16-8-7-14(3)27-16)22(9-10-26-4)21(25)20(17)24/h5-8,11,18,23H,9-10H2,1-4H3/b19-17+. The van der Waals surface area contributed by atoms with E-state index in [0.29, 0.717) is 17.1 Å². The maximum Gasteiger partial charge on any atom is 0.295 e. The molecule has 1 unspecified atom stereocenters. The molecule has 2 aromatic rings. The fraction of sp³-hybridized carbons (Fsp3) is 0.333. The molecule has 1 saturated heterocycles. The zero-order valence-corrected chi connectivity index (χ0v) is 15.9. The van der Waals surface area contributed by atoms with Gasteiger partial charge in [-0.05, 0) is 44.5 Å². The summed E-state index contributed by atoms with van der Waals surface area (Å²) in [5, 5.41) is 11.0. The third-order valence-electron chi connectivity index (χ3n) is 4.76. The number of ether oxygens (including phenoxy) is 1. The first-order valence-corrected chi connectivity index (χ1v) is 8.76. The second kappa shape index (κ2) is 7.40. The number of ketones is 1. The summed E-state index contributed by atoms with van der Waals surface area (Å²) in [5.41, 5.74) is 2.34. The quantitative estimate of drug-likeness (QED) is 0.497. The van der Waals surface area contributed by atoms with Gasteiger partial charge in [-0.3, -0.25) is 9.59 Å². The van der Waals surface area contributed by atoms with E-state index < -0.39 is 17.7 Å². The molecular weight excluding hydrogens is 346 g/mol. The van der Waals surface area contributed by atoms with Gasteiger partial charge in [-0.25, -0.2) is 0 Å². The highest BCUT2D eigenvalue weighted by molar-refractivity contribution is 6.46. The molecule has 1 aliphatic heterocycles. The Kier molecular flexibility index (Phi) is 5.19. The Morgan fingerprint density at radius 1 is 1.19 bits per heavy atom. The van der Waals surface area contributed by atoms with Crippen LogP contribution in [0, 0.1) is 20.8 Å². The van der Waals surface area contributed by atoms with Crippen LogP contribution in [0.3, 0.4) is 0 Å². The molecular formula is C21H23NO5. The number of likely N-dealkylation sites (tertiary alicyclic amines) is 1. The molecule has 0 spiro atoms. The van der Waals surface area contributed by atoms with Crippen LogP contribution in [-0.2, 0) is 14.3 Å². The Morgan fingerprint density at radius 3 is 2.56 bits per heavy atom. The highest BCUT2D eigenvalue weighted by Gasteiger charge is 2.47. The highest BCUT2D eigenvalue weighted by Crippen LogP contribution is 2.40. The largest absolute Gasteiger partial charge is 0.507 e. The van der Waals surface area contributed by atoms with Crippen LogP contribution in [0.15, 0.2) is 40.3 Å². The number of hydrogen-bond donors (Lipinski definition) is 1. The molecule has 1 aromatic heterocycles. The molecule has 6 heteroatoms. The van der Waals surface area contributed by atoms with Crippen molar-refractivity contribution in [2.24, 2.45) is 0 Å². The summed E-state index contributed by atoms with van der Waals surface area (Å²) < 4.78 is 10.8. The molecule has 1 aliphatic rings. The second-order valence-electron chi connectivity index (χ2n) is 6.75. The summed E-state index contributed by atoms with van der Waals surface area (Å²) in [6.45, 7) is 6.03. The van der Waals surface area contributed by atoms with E-state index in [4.69, 9.17) is 9.15 Å². The van der Waals surface area contributed by atoms with Gasteiger partial charge < -0.3 is 19.2 Å². The first-order valence-electron chi connectivity index (χ1n) is 8.76. The summed E-state index contributed by atoms with van der Waals surface area (Å²) in [6.07, 6.45) is 0. The SMILES string of the molecule is COCCN1C(=O)C(=O)/C(=C(/O)c2cc(C)ccc2C)C1c1ccc(C)o1. The lowest BCUT2D eigenvalue weighted by molar-refractivity contribution is -0.140. The van der Waals surface area contributed by atoms with Crippen LogP contribution in [0.5, 0.6) is 0 Å². The van der Waals surface area contributed by atoms with E-state index >= 15 is 0 Å². The average Bonchev–Trinajstić information content (AvgIpc) is 3.17. The second-order valence-corrected chi connectivity index (χ2v) is 6.75. The maximum absolute atomic E-state index is 12.8. The van der Waals surface area contributed by atoms with Crippen LogP contribution in [0.25, 0.3) is 5.76 Å². The van der Waals surface area contributed by atoms with Crippen LogP contribution < -0.4 is 0 Å². The van der Waals surface area contributed by atoms with E-state index in [9.17, 15) is 14.7 Å². The topological polar surface area (TPSA) is 80.0 Å². The minimum absolute atomic E-state index is 0.0409. The van der Waals surface area contributed by atoms with Gasteiger partial charge in [0, 0.05) is 19.2 Å². The number of hydrogen-bond acceptors (Lipinski definition) is 5. The number of aliphatic hydroxyl groups excluding tert-OH is 1. The fourth-order valence-electron chi connectivity index (χ4n) is 3.33. The van der Waals surface area contributed by atoms with Crippen LogP contribution >= 0.6 is 0 Å². The third-order valence-corrected chi connectivity index (χ3v) is 4.76. The third kappa shape index (κ3) is 3.40. The predicted molar refractivity (Wildman–Crippen MR) is 100 cm³/mol. The van der Waals surface area contributed by atoms with Crippen molar-refractivity contribution in [1.82, 2.24) is 4.90 Å². The van der Waals surface area contributed by atoms with Crippen molar-refractivity contribution in [3.8, 4) is 0 Å². The smallest absolute Gasteiger partial charge is 0.295 e. The van der Waals surface area contributed by atoms with Crippen LogP contribution in [0.2, 0.25) is 0 Å². The lowest BCUT2D eigenvalue weighted by atomic mass is 9.96. The number of aliphatic hydroxyl groups is 1. The molecule has 1 atom stereocenters. The lowest BCUT2D eigenvalue weighted by Gasteiger charge is -2.23. The number of methoxy groups -OCH3 is 1. The maximum atomic E-state index is 12.8. The molecule has 1 amide bonds. The molecule has 27 heavy (non-hydrogen) atoms. The molecule has 2 heterocycles. The Labute approximate surface area is 158 Å². The summed E-state index contributed by atoms with van der Waals surface area (Å²) >= 11 is 0. The molecule has 0 radical (unpaired) electrons. The molecule has 142 valence electrons. The molecule has 1 fully saturated rings. The lowest BCUT2D eigenvalue weighted by Crippen LogP contribution is -2.32. The number of nitrogens with zero attached hydrogens (tertiary/aromatic N) is 1. The molecule has 1 N–H and O–H groups in total. The summed E-state index contributed by atoms with van der Waals surface area (Å²) in [7, 11) is 1.53. The molecule has 6 nitrogen and oxygen atoms in total. The molecule has 0 bridgehead atoms. The van der Waals surface area contributed by atoms with E-state index in [1.807, 2.05) is 26.0 Å². The van der Waals surface area contributed by atoms with Crippen molar-refractivity contribution in [3.05, 3.63) is 64.1 Å². The summed E-state index contributed by atoms with van der Waals surface area (Å²) in [4.78, 5) is 26.8. The number of furan rings is 1. The van der Waals surface area contributed by atoms with Crippen LogP contribution in [-0.4, -0.2) is 42.0 Å². The number of aryl methyl sites for hydroxylation is 3. The molecule has 1 aromatic carbocycles. The van der Waals surface area contributed by atoms with E-state index in [2.05, 4.69) is 0 Å². The molecule has 0 saturated carbocycles. The predicted octanol–water partition coefficient (Wildman–Crippen LogP) is 3.27. The number of amides is 1. The van der Waals surface area contributed by atoms with Crippen molar-refractivity contribution in [1.29, 1.82) is 0 Å². The van der Waals surface area contributed by atoms with Crippen LogP contribution in [0.1, 0.15) is 34.3 Å². The van der Waals surface area contributed by atoms with Crippen LogP contribution in [0.4, 0.5) is 0 Å². The number of rotatable bonds is 5. The molecule has 3 rings (SSSR count). The Bertz CT molecular complexity index is 924. The van der Waals surface area contributed by atoms with Crippen molar-refractivity contribution >= 4 is 17.4 Å². The van der Waals surface area contributed by atoms with Crippen molar-refractivity contribution < 1.29 is 23.8 Å². The minimum Gasteiger partial charge on any atom is -0.507 e. The number of carbonyl (C=O) groups excluding carboxylic acids is 2. The van der Waals surface area contributed by atoms with E-state index in [0.717, 1.165) is 11.1 Å². The fourth-order valence-corrected chi connectivity index (χ4v) is 3.33. The number of benzene rings is 1.